The summed E-state index contributed by atoms with van der Waals surface area (Å²) in [6.07, 6.45) is 3.07. The maximum atomic E-state index is 11.7. The molecule has 1 spiro atoms. The standard InChI is InChI=1S/C10H20N2O2S/c1-2-6-15(13,14)12-8-10(9-12)4-3-5-11-7-10/h11H,2-9H2,1H3. The maximum absolute atomic E-state index is 11.7. The Bertz CT molecular complexity index is 312. The van der Waals surface area contributed by atoms with Crippen molar-refractivity contribution in [3.05, 3.63) is 0 Å². The normalized spacial score (nSPS) is 26.5. The van der Waals surface area contributed by atoms with Crippen LogP contribution in [-0.2, 0) is 10.0 Å². The van der Waals surface area contributed by atoms with Crippen molar-refractivity contribution in [2.45, 2.75) is 26.2 Å². The summed E-state index contributed by atoms with van der Waals surface area (Å²) in [5.41, 5.74) is 0.263. The first-order chi connectivity index (χ1) is 7.08. The van der Waals surface area contributed by atoms with Crippen molar-refractivity contribution in [2.24, 2.45) is 5.41 Å². The predicted octanol–water partition coefficient (Wildman–Crippen LogP) is 0.412. The first-order valence-corrected chi connectivity index (χ1v) is 7.37. The second-order valence-corrected chi connectivity index (χ2v) is 6.95. The first-order valence-electron chi connectivity index (χ1n) is 5.77. The van der Waals surface area contributed by atoms with Crippen LogP contribution in [0.15, 0.2) is 0 Å². The SMILES string of the molecule is CCCS(=O)(=O)N1CC2(CCCNC2)C1. The van der Waals surface area contributed by atoms with Crippen molar-refractivity contribution >= 4 is 10.0 Å². The molecule has 0 aromatic heterocycles. The number of nitrogens with one attached hydrogen (secondary N) is 1. The molecule has 0 aromatic carbocycles. The lowest BCUT2D eigenvalue weighted by Gasteiger charge is -2.51. The smallest absolute Gasteiger partial charge is 0.214 e. The number of piperidine rings is 1. The highest BCUT2D eigenvalue weighted by Gasteiger charge is 2.47. The zero-order valence-corrected chi connectivity index (χ0v) is 10.1. The van der Waals surface area contributed by atoms with Gasteiger partial charge < -0.3 is 5.32 Å². The van der Waals surface area contributed by atoms with Crippen molar-refractivity contribution in [1.82, 2.24) is 9.62 Å². The summed E-state index contributed by atoms with van der Waals surface area (Å²) in [5, 5.41) is 3.36. The summed E-state index contributed by atoms with van der Waals surface area (Å²) < 4.78 is 25.1. The van der Waals surface area contributed by atoms with E-state index in [1.54, 1.807) is 4.31 Å². The van der Waals surface area contributed by atoms with E-state index in [-0.39, 0.29) is 5.41 Å². The molecule has 2 fully saturated rings. The monoisotopic (exact) mass is 232 g/mol. The van der Waals surface area contributed by atoms with Crippen LogP contribution in [0.1, 0.15) is 26.2 Å². The van der Waals surface area contributed by atoms with Crippen molar-refractivity contribution < 1.29 is 8.42 Å². The molecule has 0 aliphatic carbocycles. The van der Waals surface area contributed by atoms with E-state index in [4.69, 9.17) is 0 Å². The molecule has 0 atom stereocenters. The molecule has 0 radical (unpaired) electrons. The Labute approximate surface area is 92.1 Å². The van der Waals surface area contributed by atoms with E-state index in [0.717, 1.165) is 26.2 Å². The van der Waals surface area contributed by atoms with Gasteiger partial charge in [0.1, 0.15) is 0 Å². The van der Waals surface area contributed by atoms with Crippen molar-refractivity contribution in [3.63, 3.8) is 0 Å². The molecule has 4 nitrogen and oxygen atoms in total. The third kappa shape index (κ3) is 2.19. The zero-order chi connectivity index (χ0) is 10.9. The molecule has 2 aliphatic rings. The van der Waals surface area contributed by atoms with Crippen LogP contribution in [0.25, 0.3) is 0 Å². The van der Waals surface area contributed by atoms with Gasteiger partial charge >= 0.3 is 0 Å². The summed E-state index contributed by atoms with van der Waals surface area (Å²) in [4.78, 5) is 0. The zero-order valence-electron chi connectivity index (χ0n) is 9.33. The summed E-state index contributed by atoms with van der Waals surface area (Å²) in [5.74, 6) is 0.302. The minimum Gasteiger partial charge on any atom is -0.316 e. The predicted molar refractivity (Wildman–Crippen MR) is 60.2 cm³/mol. The highest BCUT2D eigenvalue weighted by molar-refractivity contribution is 7.89. The van der Waals surface area contributed by atoms with E-state index in [1.807, 2.05) is 6.92 Å². The molecule has 2 rings (SSSR count). The molecule has 5 heteroatoms. The summed E-state index contributed by atoms with van der Waals surface area (Å²) >= 11 is 0. The van der Waals surface area contributed by atoms with Gasteiger partial charge in [0.2, 0.25) is 10.0 Å². The van der Waals surface area contributed by atoms with Gasteiger partial charge in [-0.2, -0.15) is 0 Å². The van der Waals surface area contributed by atoms with Gasteiger partial charge in [0.25, 0.3) is 0 Å². The average molecular weight is 232 g/mol. The van der Waals surface area contributed by atoms with E-state index >= 15 is 0 Å². The second kappa shape index (κ2) is 4.03. The fraction of sp³-hybridized carbons (Fsp3) is 1.00. The van der Waals surface area contributed by atoms with E-state index in [0.29, 0.717) is 12.2 Å². The molecule has 2 heterocycles. The highest BCUT2D eigenvalue weighted by atomic mass is 32.2. The summed E-state index contributed by atoms with van der Waals surface area (Å²) in [6, 6.07) is 0. The Kier molecular flexibility index (Phi) is 3.05. The van der Waals surface area contributed by atoms with Crippen LogP contribution in [0.5, 0.6) is 0 Å². The second-order valence-electron chi connectivity index (χ2n) is 4.86. The van der Waals surface area contributed by atoms with Gasteiger partial charge in [-0.1, -0.05) is 6.92 Å². The molecule has 0 amide bonds. The Morgan fingerprint density at radius 2 is 2.13 bits per heavy atom. The number of hydrogen-bond donors (Lipinski definition) is 1. The Hall–Kier alpha value is -0.130. The van der Waals surface area contributed by atoms with Crippen molar-refractivity contribution in [2.75, 3.05) is 31.9 Å². The molecular weight excluding hydrogens is 212 g/mol. The third-order valence-corrected chi connectivity index (χ3v) is 5.41. The fourth-order valence-corrected chi connectivity index (χ4v) is 4.30. The molecule has 1 N–H and O–H groups in total. The van der Waals surface area contributed by atoms with Crippen LogP contribution in [0.4, 0.5) is 0 Å². The number of nitrogens with zero attached hydrogens (tertiary/aromatic N) is 1. The van der Waals surface area contributed by atoms with Gasteiger partial charge in [-0.25, -0.2) is 12.7 Å². The molecule has 15 heavy (non-hydrogen) atoms. The van der Waals surface area contributed by atoms with E-state index in [9.17, 15) is 8.42 Å². The van der Waals surface area contributed by atoms with Gasteiger partial charge in [0.05, 0.1) is 5.75 Å². The van der Waals surface area contributed by atoms with Crippen LogP contribution in [0, 0.1) is 5.41 Å². The molecule has 0 saturated carbocycles. The van der Waals surface area contributed by atoms with E-state index in [1.165, 1.54) is 12.8 Å². The first kappa shape index (κ1) is 11.4. The van der Waals surface area contributed by atoms with E-state index < -0.39 is 10.0 Å². The summed E-state index contributed by atoms with van der Waals surface area (Å²) in [6.45, 7) is 5.47. The number of rotatable bonds is 3. The Balaban J connectivity index is 1.91. The number of sulfonamides is 1. The van der Waals surface area contributed by atoms with Gasteiger partial charge in [0, 0.05) is 25.0 Å². The quantitative estimate of drug-likeness (QED) is 0.767. The maximum Gasteiger partial charge on any atom is 0.214 e. The van der Waals surface area contributed by atoms with Crippen LogP contribution >= 0.6 is 0 Å². The van der Waals surface area contributed by atoms with Crippen LogP contribution in [-0.4, -0.2) is 44.7 Å². The molecule has 2 saturated heterocycles. The van der Waals surface area contributed by atoms with Crippen molar-refractivity contribution in [1.29, 1.82) is 0 Å². The average Bonchev–Trinajstić information content (AvgIpc) is 2.15. The molecule has 0 bridgehead atoms. The lowest BCUT2D eigenvalue weighted by Crippen LogP contribution is -2.63. The largest absolute Gasteiger partial charge is 0.316 e. The van der Waals surface area contributed by atoms with Gasteiger partial charge in [0.15, 0.2) is 0 Å². The lowest BCUT2D eigenvalue weighted by molar-refractivity contribution is 0.0435. The molecule has 2 aliphatic heterocycles. The van der Waals surface area contributed by atoms with Gasteiger partial charge in [-0.3, -0.25) is 0 Å². The van der Waals surface area contributed by atoms with Crippen molar-refractivity contribution in [3.8, 4) is 0 Å². The Morgan fingerprint density at radius 3 is 2.67 bits per heavy atom. The number of hydrogen-bond acceptors (Lipinski definition) is 3. The lowest BCUT2D eigenvalue weighted by atomic mass is 9.75. The topological polar surface area (TPSA) is 49.4 Å². The van der Waals surface area contributed by atoms with Gasteiger partial charge in [-0.15, -0.1) is 0 Å². The van der Waals surface area contributed by atoms with Crippen LogP contribution in [0.3, 0.4) is 0 Å². The van der Waals surface area contributed by atoms with Gasteiger partial charge in [-0.05, 0) is 25.8 Å². The molecule has 0 aromatic rings. The van der Waals surface area contributed by atoms with Crippen LogP contribution < -0.4 is 5.32 Å². The highest BCUT2D eigenvalue weighted by Crippen LogP contribution is 2.38. The van der Waals surface area contributed by atoms with Crippen LogP contribution in [0.2, 0.25) is 0 Å². The Morgan fingerprint density at radius 1 is 1.40 bits per heavy atom. The fourth-order valence-electron chi connectivity index (χ4n) is 2.59. The third-order valence-electron chi connectivity index (χ3n) is 3.44. The molecule has 88 valence electrons. The minimum atomic E-state index is -2.94. The summed E-state index contributed by atoms with van der Waals surface area (Å²) in [7, 11) is -2.94. The van der Waals surface area contributed by atoms with E-state index in [2.05, 4.69) is 5.32 Å². The minimum absolute atomic E-state index is 0.263. The molecule has 0 unspecified atom stereocenters. The molecular formula is C10H20N2O2S.